The predicted octanol–water partition coefficient (Wildman–Crippen LogP) is 0.677. The third-order valence-electron chi connectivity index (χ3n) is 3.55. The molecule has 102 valence electrons. The van der Waals surface area contributed by atoms with E-state index in [9.17, 15) is 4.79 Å². The van der Waals surface area contributed by atoms with Gasteiger partial charge in [0.2, 0.25) is 5.95 Å². The topological polar surface area (TPSA) is 58.6 Å². The molecule has 2 saturated heterocycles. The van der Waals surface area contributed by atoms with Crippen molar-refractivity contribution < 1.29 is 9.53 Å². The van der Waals surface area contributed by atoms with Crippen LogP contribution in [0.1, 0.15) is 6.42 Å². The molecule has 0 radical (unpaired) electrons. The van der Waals surface area contributed by atoms with Gasteiger partial charge < -0.3 is 9.64 Å². The molecule has 1 aromatic heterocycles. The Morgan fingerprint density at radius 1 is 1.21 bits per heavy atom. The summed E-state index contributed by atoms with van der Waals surface area (Å²) in [5.74, 6) is 0.671. The molecule has 0 spiro atoms. The van der Waals surface area contributed by atoms with Gasteiger partial charge in [-0.3, -0.25) is 9.69 Å². The molecular weight excluding hydrogens is 312 g/mol. The van der Waals surface area contributed by atoms with E-state index in [2.05, 4.69) is 35.7 Å². The van der Waals surface area contributed by atoms with Crippen LogP contribution in [0.4, 0.5) is 5.95 Å². The smallest absolute Gasteiger partial charge is 0.323 e. The lowest BCUT2D eigenvalue weighted by Crippen LogP contribution is -2.52. The van der Waals surface area contributed by atoms with E-state index in [1.807, 2.05) is 0 Å². The van der Waals surface area contributed by atoms with Crippen molar-refractivity contribution in [1.82, 2.24) is 14.9 Å². The predicted molar refractivity (Wildman–Crippen MR) is 72.9 cm³/mol. The number of rotatable bonds is 2. The Balaban J connectivity index is 1.60. The molecule has 6 nitrogen and oxygen atoms in total. The summed E-state index contributed by atoms with van der Waals surface area (Å²) in [6, 6.07) is -0.0482. The number of carbonyl (C=O) groups is 1. The van der Waals surface area contributed by atoms with Crippen molar-refractivity contribution in [3.05, 3.63) is 16.9 Å². The van der Waals surface area contributed by atoms with Gasteiger partial charge in [0.05, 0.1) is 11.1 Å². The van der Waals surface area contributed by atoms with Crippen LogP contribution in [0.15, 0.2) is 16.9 Å². The van der Waals surface area contributed by atoms with Crippen molar-refractivity contribution in [3.8, 4) is 0 Å². The summed E-state index contributed by atoms with van der Waals surface area (Å²) in [5.41, 5.74) is 0. The minimum Gasteiger partial charge on any atom is -0.464 e. The number of hydrogen-bond donors (Lipinski definition) is 0. The fourth-order valence-corrected chi connectivity index (χ4v) is 2.72. The molecular formula is C12H15BrN4O2. The zero-order chi connectivity index (χ0) is 13.2. The van der Waals surface area contributed by atoms with E-state index in [0.29, 0.717) is 6.61 Å². The van der Waals surface area contributed by atoms with Gasteiger partial charge in [-0.15, -0.1) is 0 Å². The number of nitrogens with zero attached hydrogens (tertiary/aromatic N) is 4. The Kier molecular flexibility index (Phi) is 3.65. The molecule has 0 unspecified atom stereocenters. The van der Waals surface area contributed by atoms with Crippen LogP contribution in [0.2, 0.25) is 0 Å². The summed E-state index contributed by atoms with van der Waals surface area (Å²) >= 11 is 3.33. The highest BCUT2D eigenvalue weighted by atomic mass is 79.9. The molecule has 2 aliphatic heterocycles. The highest BCUT2D eigenvalue weighted by Crippen LogP contribution is 2.18. The monoisotopic (exact) mass is 326 g/mol. The molecule has 7 heteroatoms. The summed E-state index contributed by atoms with van der Waals surface area (Å²) in [4.78, 5) is 24.5. The van der Waals surface area contributed by atoms with Gasteiger partial charge in [0.25, 0.3) is 0 Å². The van der Waals surface area contributed by atoms with Crippen LogP contribution in [-0.4, -0.2) is 59.7 Å². The van der Waals surface area contributed by atoms with Gasteiger partial charge in [0, 0.05) is 45.0 Å². The zero-order valence-electron chi connectivity index (χ0n) is 10.5. The first-order valence-electron chi connectivity index (χ1n) is 6.37. The van der Waals surface area contributed by atoms with E-state index < -0.39 is 0 Å². The maximum atomic E-state index is 11.6. The number of hydrogen-bond acceptors (Lipinski definition) is 6. The number of esters is 1. The number of cyclic esters (lactones) is 1. The fourth-order valence-electron chi connectivity index (χ4n) is 2.52. The number of carbonyl (C=O) groups excluding carboxylic acids is 1. The van der Waals surface area contributed by atoms with Gasteiger partial charge in [-0.05, 0) is 15.9 Å². The molecule has 3 heterocycles. The molecule has 2 aliphatic rings. The standard InChI is InChI=1S/C12H15BrN4O2/c13-9-7-14-12(15-8-9)17-4-2-16(3-5-17)10-1-6-19-11(10)18/h7-8,10H,1-6H2/t10-/m1/s1. The van der Waals surface area contributed by atoms with Gasteiger partial charge in [-0.2, -0.15) is 0 Å². The molecule has 0 bridgehead atoms. The fraction of sp³-hybridized carbons (Fsp3) is 0.583. The average molecular weight is 327 g/mol. The van der Waals surface area contributed by atoms with E-state index in [4.69, 9.17) is 4.74 Å². The van der Waals surface area contributed by atoms with E-state index in [1.54, 1.807) is 12.4 Å². The van der Waals surface area contributed by atoms with Crippen LogP contribution in [0.5, 0.6) is 0 Å². The maximum Gasteiger partial charge on any atom is 0.323 e. The van der Waals surface area contributed by atoms with Crippen molar-refractivity contribution >= 4 is 27.8 Å². The van der Waals surface area contributed by atoms with E-state index in [0.717, 1.165) is 43.0 Å². The summed E-state index contributed by atoms with van der Waals surface area (Å²) < 4.78 is 5.90. The molecule has 1 atom stereocenters. The molecule has 0 N–H and O–H groups in total. The number of piperazine rings is 1. The van der Waals surface area contributed by atoms with Crippen LogP contribution in [0, 0.1) is 0 Å². The molecule has 19 heavy (non-hydrogen) atoms. The molecule has 2 fully saturated rings. The first kappa shape index (κ1) is 12.8. The number of ether oxygens (including phenoxy) is 1. The first-order valence-corrected chi connectivity index (χ1v) is 7.16. The Morgan fingerprint density at radius 2 is 1.89 bits per heavy atom. The number of anilines is 1. The second-order valence-electron chi connectivity index (χ2n) is 4.70. The van der Waals surface area contributed by atoms with Crippen LogP contribution < -0.4 is 4.90 Å². The Morgan fingerprint density at radius 3 is 2.47 bits per heavy atom. The second kappa shape index (κ2) is 5.42. The molecule has 0 saturated carbocycles. The van der Waals surface area contributed by atoms with E-state index in [-0.39, 0.29) is 12.0 Å². The SMILES string of the molecule is O=C1OCC[C@H]1N1CCN(c2ncc(Br)cn2)CC1. The highest BCUT2D eigenvalue weighted by Gasteiger charge is 2.34. The lowest BCUT2D eigenvalue weighted by Gasteiger charge is -2.36. The molecule has 0 amide bonds. The largest absolute Gasteiger partial charge is 0.464 e. The van der Waals surface area contributed by atoms with Gasteiger partial charge in [-0.25, -0.2) is 9.97 Å². The molecule has 0 aromatic carbocycles. The van der Waals surface area contributed by atoms with E-state index in [1.165, 1.54) is 0 Å². The molecule has 3 rings (SSSR count). The van der Waals surface area contributed by atoms with Gasteiger partial charge in [0.15, 0.2) is 0 Å². The minimum atomic E-state index is -0.0756. The molecule has 1 aromatic rings. The van der Waals surface area contributed by atoms with Gasteiger partial charge in [-0.1, -0.05) is 0 Å². The first-order chi connectivity index (χ1) is 9.24. The Labute approximate surface area is 119 Å². The zero-order valence-corrected chi connectivity index (χ0v) is 12.0. The summed E-state index contributed by atoms with van der Waals surface area (Å²) in [5, 5.41) is 0. The Hall–Kier alpha value is -1.21. The lowest BCUT2D eigenvalue weighted by atomic mass is 10.2. The maximum absolute atomic E-state index is 11.6. The summed E-state index contributed by atoms with van der Waals surface area (Å²) in [6.45, 7) is 3.93. The Bertz CT molecular complexity index is 459. The van der Waals surface area contributed by atoms with Crippen LogP contribution in [-0.2, 0) is 9.53 Å². The van der Waals surface area contributed by atoms with Gasteiger partial charge >= 0.3 is 5.97 Å². The van der Waals surface area contributed by atoms with Crippen molar-refractivity contribution in [2.75, 3.05) is 37.7 Å². The normalized spacial score (nSPS) is 24.6. The third kappa shape index (κ3) is 2.71. The van der Waals surface area contributed by atoms with Crippen LogP contribution in [0.25, 0.3) is 0 Å². The lowest BCUT2D eigenvalue weighted by molar-refractivity contribution is -0.142. The molecule has 0 aliphatic carbocycles. The van der Waals surface area contributed by atoms with Gasteiger partial charge in [0.1, 0.15) is 6.04 Å². The van der Waals surface area contributed by atoms with Crippen molar-refractivity contribution in [2.24, 2.45) is 0 Å². The van der Waals surface area contributed by atoms with Crippen molar-refractivity contribution in [1.29, 1.82) is 0 Å². The summed E-state index contributed by atoms with van der Waals surface area (Å²) in [7, 11) is 0. The van der Waals surface area contributed by atoms with Crippen LogP contribution in [0.3, 0.4) is 0 Å². The van der Waals surface area contributed by atoms with E-state index >= 15 is 0 Å². The van der Waals surface area contributed by atoms with Crippen molar-refractivity contribution in [2.45, 2.75) is 12.5 Å². The summed E-state index contributed by atoms with van der Waals surface area (Å²) in [6.07, 6.45) is 4.32. The minimum absolute atomic E-state index is 0.0482. The van der Waals surface area contributed by atoms with Crippen LogP contribution >= 0.6 is 15.9 Å². The number of aromatic nitrogens is 2. The number of halogens is 1. The third-order valence-corrected chi connectivity index (χ3v) is 3.96. The van der Waals surface area contributed by atoms with Crippen molar-refractivity contribution in [3.63, 3.8) is 0 Å². The highest BCUT2D eigenvalue weighted by molar-refractivity contribution is 9.10. The second-order valence-corrected chi connectivity index (χ2v) is 5.61. The average Bonchev–Trinajstić information content (AvgIpc) is 2.86. The quantitative estimate of drug-likeness (QED) is 0.745.